The summed E-state index contributed by atoms with van der Waals surface area (Å²) in [6.07, 6.45) is 0. The maximum Gasteiger partial charge on any atom is 0.169 e. The van der Waals surface area contributed by atoms with Gasteiger partial charge < -0.3 is 9.25 Å². The Hall–Kier alpha value is -0.320. The zero-order chi connectivity index (χ0) is 10.1. The third-order valence-electron chi connectivity index (χ3n) is 1.95. The van der Waals surface area contributed by atoms with Gasteiger partial charge in [0.25, 0.3) is 0 Å². The third-order valence-corrected chi connectivity index (χ3v) is 2.34. The Morgan fingerprint density at radius 1 is 1.62 bits per heavy atom. The highest BCUT2D eigenvalue weighted by Gasteiger charge is 2.27. The highest BCUT2D eigenvalue weighted by Crippen LogP contribution is 2.30. The molecular weight excluding hydrogens is 234 g/mol. The molecule has 0 amide bonds. The van der Waals surface area contributed by atoms with Gasteiger partial charge in [0.15, 0.2) is 4.67 Å². The molecule has 0 aliphatic heterocycles. The van der Waals surface area contributed by atoms with E-state index in [4.69, 9.17) is 10.3 Å². The average molecular weight is 248 g/mol. The molecule has 0 atom stereocenters. The molecule has 0 saturated heterocycles. The van der Waals surface area contributed by atoms with E-state index in [1.54, 1.807) is 0 Å². The van der Waals surface area contributed by atoms with Crippen molar-refractivity contribution in [2.75, 3.05) is 6.61 Å². The van der Waals surface area contributed by atoms with Crippen LogP contribution in [-0.2, 0) is 10.3 Å². The first-order valence-corrected chi connectivity index (χ1v) is 4.85. The van der Waals surface area contributed by atoms with E-state index in [2.05, 4.69) is 20.8 Å². The fraction of sp³-hybridized carbons (Fsp3) is 0.556. The lowest BCUT2D eigenvalue weighted by atomic mass is 9.89. The van der Waals surface area contributed by atoms with Crippen LogP contribution in [0.5, 0.6) is 0 Å². The lowest BCUT2D eigenvalue weighted by molar-refractivity contribution is 0.0872. The van der Waals surface area contributed by atoms with Crippen molar-refractivity contribution >= 4 is 15.9 Å². The molecule has 1 aromatic rings. The molecule has 0 aliphatic carbocycles. The first-order valence-electron chi connectivity index (χ1n) is 4.05. The molecule has 2 N–H and O–H groups in total. The summed E-state index contributed by atoms with van der Waals surface area (Å²) in [6.45, 7) is 6.49. The summed E-state index contributed by atoms with van der Waals surface area (Å²) >= 11 is 3.29. The molecule has 0 saturated carbocycles. The minimum Gasteiger partial charge on any atom is -0.453 e. The first kappa shape index (κ1) is 10.8. The zero-order valence-electron chi connectivity index (χ0n) is 8.06. The molecular formula is C9H14BrNO2. The Morgan fingerprint density at radius 3 is 2.62 bits per heavy atom. The number of nitrogens with two attached hydrogens (primary N) is 1. The van der Waals surface area contributed by atoms with Crippen LogP contribution in [0.3, 0.4) is 0 Å². The molecule has 0 spiro atoms. The molecule has 0 aliphatic rings. The highest BCUT2D eigenvalue weighted by atomic mass is 79.9. The van der Waals surface area contributed by atoms with Gasteiger partial charge in [0.05, 0.1) is 6.61 Å². The lowest BCUT2D eigenvalue weighted by Gasteiger charge is -2.21. The van der Waals surface area contributed by atoms with Gasteiger partial charge in [0.1, 0.15) is 5.76 Å². The van der Waals surface area contributed by atoms with Crippen molar-refractivity contribution in [2.24, 2.45) is 5.90 Å². The molecule has 4 heteroatoms. The van der Waals surface area contributed by atoms with Crippen molar-refractivity contribution in [3.05, 3.63) is 22.1 Å². The predicted molar refractivity (Wildman–Crippen MR) is 54.3 cm³/mol. The zero-order valence-corrected chi connectivity index (χ0v) is 9.64. The summed E-state index contributed by atoms with van der Waals surface area (Å²) in [5.41, 5.74) is 0.916. The predicted octanol–water partition coefficient (Wildman–Crippen LogP) is 2.52. The normalized spacial score (nSPS) is 12.1. The molecule has 1 aromatic heterocycles. The molecule has 0 unspecified atom stereocenters. The van der Waals surface area contributed by atoms with Crippen molar-refractivity contribution < 1.29 is 9.25 Å². The van der Waals surface area contributed by atoms with E-state index in [0.29, 0.717) is 6.61 Å². The summed E-state index contributed by atoms with van der Waals surface area (Å²) in [7, 11) is 0. The molecule has 1 heterocycles. The van der Waals surface area contributed by atoms with E-state index in [-0.39, 0.29) is 5.41 Å². The monoisotopic (exact) mass is 247 g/mol. The van der Waals surface area contributed by atoms with Crippen LogP contribution >= 0.6 is 15.9 Å². The van der Waals surface area contributed by atoms with Crippen molar-refractivity contribution in [1.82, 2.24) is 0 Å². The van der Waals surface area contributed by atoms with Gasteiger partial charge in [-0.2, -0.15) is 0 Å². The van der Waals surface area contributed by atoms with E-state index in [1.165, 1.54) is 0 Å². The van der Waals surface area contributed by atoms with Gasteiger partial charge in [-0.15, -0.1) is 0 Å². The van der Waals surface area contributed by atoms with Crippen LogP contribution in [0.25, 0.3) is 0 Å². The second-order valence-electron chi connectivity index (χ2n) is 3.76. The van der Waals surface area contributed by atoms with Gasteiger partial charge in [0.2, 0.25) is 0 Å². The van der Waals surface area contributed by atoms with Crippen LogP contribution < -0.4 is 5.90 Å². The second kappa shape index (κ2) is 3.82. The quantitative estimate of drug-likeness (QED) is 0.836. The fourth-order valence-electron chi connectivity index (χ4n) is 1.39. The fourth-order valence-corrected chi connectivity index (χ4v) is 1.89. The minimum atomic E-state index is -0.190. The van der Waals surface area contributed by atoms with Crippen LogP contribution in [-0.4, -0.2) is 6.61 Å². The molecule has 0 fully saturated rings. The van der Waals surface area contributed by atoms with Crippen molar-refractivity contribution in [1.29, 1.82) is 0 Å². The Bertz CT molecular complexity index is 294. The number of hydrogen-bond donors (Lipinski definition) is 1. The van der Waals surface area contributed by atoms with E-state index in [0.717, 1.165) is 16.0 Å². The Labute approximate surface area is 86.3 Å². The molecule has 0 radical (unpaired) electrons. The summed E-state index contributed by atoms with van der Waals surface area (Å²) < 4.78 is 6.25. The largest absolute Gasteiger partial charge is 0.453 e. The molecule has 3 nitrogen and oxygen atoms in total. The third kappa shape index (κ3) is 2.33. The maximum atomic E-state index is 5.51. The maximum absolute atomic E-state index is 5.51. The molecule has 1 rings (SSSR count). The van der Waals surface area contributed by atoms with Crippen LogP contribution in [0.1, 0.15) is 25.2 Å². The number of rotatable bonds is 3. The summed E-state index contributed by atoms with van der Waals surface area (Å²) in [4.78, 5) is 4.65. The van der Waals surface area contributed by atoms with Crippen molar-refractivity contribution in [3.8, 4) is 0 Å². The van der Waals surface area contributed by atoms with Crippen molar-refractivity contribution in [2.45, 2.75) is 26.2 Å². The second-order valence-corrected chi connectivity index (χ2v) is 4.54. The molecule has 0 bridgehead atoms. The number of furan rings is 1. The number of hydrogen-bond acceptors (Lipinski definition) is 3. The van der Waals surface area contributed by atoms with Gasteiger partial charge >= 0.3 is 0 Å². The van der Waals surface area contributed by atoms with Gasteiger partial charge in [-0.3, -0.25) is 0 Å². The van der Waals surface area contributed by atoms with Crippen LogP contribution in [0.15, 0.2) is 15.2 Å². The van der Waals surface area contributed by atoms with Crippen LogP contribution in [0.2, 0.25) is 0 Å². The van der Waals surface area contributed by atoms with Crippen LogP contribution in [0.4, 0.5) is 0 Å². The molecule has 0 aromatic carbocycles. The van der Waals surface area contributed by atoms with E-state index in [1.807, 2.05) is 26.8 Å². The Morgan fingerprint density at radius 2 is 2.23 bits per heavy atom. The SMILES string of the molecule is Cc1cc(Br)oc1C(C)(C)CON. The minimum absolute atomic E-state index is 0.190. The van der Waals surface area contributed by atoms with Crippen LogP contribution in [0, 0.1) is 6.92 Å². The van der Waals surface area contributed by atoms with Gasteiger partial charge in [-0.05, 0) is 34.5 Å². The molecule has 13 heavy (non-hydrogen) atoms. The van der Waals surface area contributed by atoms with E-state index >= 15 is 0 Å². The average Bonchev–Trinajstić information content (AvgIpc) is 2.30. The van der Waals surface area contributed by atoms with E-state index < -0.39 is 0 Å². The summed E-state index contributed by atoms with van der Waals surface area (Å²) in [5.74, 6) is 5.96. The standard InChI is InChI=1S/C9H14BrNO2/c1-6-4-7(10)13-8(6)9(2,3)5-12-11/h4H,5,11H2,1-3H3. The smallest absolute Gasteiger partial charge is 0.169 e. The lowest BCUT2D eigenvalue weighted by Crippen LogP contribution is -2.26. The van der Waals surface area contributed by atoms with Gasteiger partial charge in [-0.1, -0.05) is 13.8 Å². The topological polar surface area (TPSA) is 48.4 Å². The van der Waals surface area contributed by atoms with E-state index in [9.17, 15) is 0 Å². The molecule has 74 valence electrons. The van der Waals surface area contributed by atoms with Gasteiger partial charge in [0, 0.05) is 5.41 Å². The number of halogens is 1. The number of aryl methyl sites for hydroxylation is 1. The van der Waals surface area contributed by atoms with Gasteiger partial charge in [-0.25, -0.2) is 5.90 Å². The van der Waals surface area contributed by atoms with Crippen molar-refractivity contribution in [3.63, 3.8) is 0 Å². The Kier molecular flexibility index (Phi) is 3.16. The highest BCUT2D eigenvalue weighted by molar-refractivity contribution is 9.10. The summed E-state index contributed by atoms with van der Waals surface area (Å²) in [5, 5.41) is 0. The summed E-state index contributed by atoms with van der Waals surface area (Å²) in [6, 6.07) is 1.94. The first-order chi connectivity index (χ1) is 5.97. The Balaban J connectivity index is 2.98.